The summed E-state index contributed by atoms with van der Waals surface area (Å²) in [5, 5.41) is 0.443. The van der Waals surface area contributed by atoms with E-state index in [9.17, 15) is 13.2 Å². The average Bonchev–Trinajstić information content (AvgIpc) is 2.79. The molecule has 32 heavy (non-hydrogen) atoms. The SMILES string of the molecule is CCN1CCN(c2cc3c(cc2F)c(=O)c(S(=O)(=O)c2ccc(Cl)cc2)cn3CC)CC1. The van der Waals surface area contributed by atoms with Gasteiger partial charge in [0.1, 0.15) is 10.7 Å². The monoisotopic (exact) mass is 477 g/mol. The van der Waals surface area contributed by atoms with Crippen LogP contribution in [0, 0.1) is 5.82 Å². The van der Waals surface area contributed by atoms with Gasteiger partial charge in [-0.2, -0.15) is 0 Å². The van der Waals surface area contributed by atoms with Crippen LogP contribution in [0.4, 0.5) is 10.1 Å². The summed E-state index contributed by atoms with van der Waals surface area (Å²) in [6.45, 7) is 8.39. The summed E-state index contributed by atoms with van der Waals surface area (Å²) in [4.78, 5) is 17.1. The molecule has 4 rings (SSSR count). The molecular weight excluding hydrogens is 453 g/mol. The molecule has 1 aliphatic rings. The van der Waals surface area contributed by atoms with Gasteiger partial charge < -0.3 is 14.4 Å². The summed E-state index contributed by atoms with van der Waals surface area (Å²) in [7, 11) is -4.09. The number of benzene rings is 2. The van der Waals surface area contributed by atoms with Gasteiger partial charge in [0.2, 0.25) is 15.3 Å². The van der Waals surface area contributed by atoms with E-state index in [0.717, 1.165) is 19.6 Å². The van der Waals surface area contributed by atoms with E-state index in [4.69, 9.17) is 11.6 Å². The summed E-state index contributed by atoms with van der Waals surface area (Å²) >= 11 is 5.87. The highest BCUT2D eigenvalue weighted by Gasteiger charge is 2.26. The number of hydrogen-bond acceptors (Lipinski definition) is 5. The molecule has 0 amide bonds. The van der Waals surface area contributed by atoms with Crippen LogP contribution in [0.3, 0.4) is 0 Å². The van der Waals surface area contributed by atoms with Crippen LogP contribution in [0.5, 0.6) is 0 Å². The van der Waals surface area contributed by atoms with Crippen LogP contribution < -0.4 is 10.3 Å². The minimum absolute atomic E-state index is 0.0353. The van der Waals surface area contributed by atoms with Crippen LogP contribution >= 0.6 is 11.6 Å². The molecule has 2 aromatic carbocycles. The Bertz CT molecular complexity index is 1320. The number of hydrogen-bond donors (Lipinski definition) is 0. The second-order valence-corrected chi connectivity index (χ2v) is 10.2. The van der Waals surface area contributed by atoms with Gasteiger partial charge in [0.15, 0.2) is 0 Å². The number of pyridine rings is 1. The lowest BCUT2D eigenvalue weighted by molar-refractivity contribution is 0.270. The summed E-state index contributed by atoms with van der Waals surface area (Å²) in [5.41, 5.74) is 0.242. The lowest BCUT2D eigenvalue weighted by Crippen LogP contribution is -2.46. The van der Waals surface area contributed by atoms with Gasteiger partial charge in [0.05, 0.1) is 21.5 Å². The van der Waals surface area contributed by atoms with Gasteiger partial charge in [-0.3, -0.25) is 4.79 Å². The first-order chi connectivity index (χ1) is 15.3. The van der Waals surface area contributed by atoms with Crippen LogP contribution in [0.2, 0.25) is 5.02 Å². The predicted octanol–water partition coefficient (Wildman–Crippen LogP) is 3.79. The maximum absolute atomic E-state index is 15.1. The van der Waals surface area contributed by atoms with Gasteiger partial charge in [-0.25, -0.2) is 12.8 Å². The van der Waals surface area contributed by atoms with E-state index in [0.29, 0.717) is 35.9 Å². The normalized spacial score (nSPS) is 15.4. The smallest absolute Gasteiger partial charge is 0.211 e. The molecule has 0 bridgehead atoms. The fourth-order valence-electron chi connectivity index (χ4n) is 4.11. The van der Waals surface area contributed by atoms with E-state index < -0.39 is 21.1 Å². The molecule has 1 aliphatic heterocycles. The number of aromatic nitrogens is 1. The molecule has 0 aliphatic carbocycles. The van der Waals surface area contributed by atoms with Gasteiger partial charge in [0, 0.05) is 43.9 Å². The van der Waals surface area contributed by atoms with Crippen molar-refractivity contribution in [3.05, 3.63) is 63.7 Å². The molecule has 1 saturated heterocycles. The van der Waals surface area contributed by atoms with Gasteiger partial charge >= 0.3 is 0 Å². The van der Waals surface area contributed by atoms with Crippen LogP contribution in [0.1, 0.15) is 13.8 Å². The van der Waals surface area contributed by atoms with Crippen molar-refractivity contribution < 1.29 is 12.8 Å². The predicted molar refractivity (Wildman–Crippen MR) is 125 cm³/mol. The van der Waals surface area contributed by atoms with Gasteiger partial charge in [0.25, 0.3) is 0 Å². The van der Waals surface area contributed by atoms with Gasteiger partial charge in [-0.05, 0) is 49.9 Å². The Kier molecular flexibility index (Phi) is 6.29. The summed E-state index contributed by atoms with van der Waals surface area (Å²) in [6, 6.07) is 8.46. The number of fused-ring (bicyclic) bond motifs is 1. The van der Waals surface area contributed by atoms with Crippen molar-refractivity contribution in [1.29, 1.82) is 0 Å². The lowest BCUT2D eigenvalue weighted by atomic mass is 10.1. The van der Waals surface area contributed by atoms with Crippen LogP contribution in [0.25, 0.3) is 10.9 Å². The van der Waals surface area contributed by atoms with Crippen molar-refractivity contribution in [2.75, 3.05) is 37.6 Å². The standard InChI is InChI=1S/C23H25ClFN3O3S/c1-3-26-9-11-28(12-10-26)21-14-20-18(13-19(21)25)23(29)22(15-27(20)4-2)32(30,31)17-7-5-16(24)6-8-17/h5-8,13-15H,3-4,9-12H2,1-2H3. The first-order valence-corrected chi connectivity index (χ1v) is 12.5. The van der Waals surface area contributed by atoms with Crippen LogP contribution in [0.15, 0.2) is 57.2 Å². The zero-order chi connectivity index (χ0) is 23.0. The first-order valence-electron chi connectivity index (χ1n) is 10.6. The molecule has 2 heterocycles. The highest BCUT2D eigenvalue weighted by molar-refractivity contribution is 7.91. The van der Waals surface area contributed by atoms with Crippen molar-refractivity contribution in [2.24, 2.45) is 0 Å². The molecule has 0 unspecified atom stereocenters. The van der Waals surface area contributed by atoms with E-state index in [-0.39, 0.29) is 15.2 Å². The molecule has 0 saturated carbocycles. The van der Waals surface area contributed by atoms with E-state index in [1.54, 1.807) is 10.6 Å². The molecule has 6 nitrogen and oxygen atoms in total. The third-order valence-corrected chi connectivity index (χ3v) is 8.04. The third kappa shape index (κ3) is 4.02. The molecule has 3 aromatic rings. The molecule has 0 spiro atoms. The number of anilines is 1. The van der Waals surface area contributed by atoms with Crippen molar-refractivity contribution in [2.45, 2.75) is 30.2 Å². The number of likely N-dealkylation sites (N-methyl/N-ethyl adjacent to an activating group) is 1. The molecule has 9 heteroatoms. The Morgan fingerprint density at radius 1 is 1.00 bits per heavy atom. The lowest BCUT2D eigenvalue weighted by Gasteiger charge is -2.35. The van der Waals surface area contributed by atoms with E-state index >= 15 is 4.39 Å². The van der Waals surface area contributed by atoms with Crippen molar-refractivity contribution in [1.82, 2.24) is 9.47 Å². The van der Waals surface area contributed by atoms with Crippen molar-refractivity contribution in [3.8, 4) is 0 Å². The number of sulfone groups is 1. The van der Waals surface area contributed by atoms with Crippen molar-refractivity contribution >= 4 is 38.0 Å². The third-order valence-electron chi connectivity index (χ3n) is 6.03. The van der Waals surface area contributed by atoms with E-state index in [1.165, 1.54) is 36.5 Å². The second kappa shape index (κ2) is 8.84. The Labute approximate surface area is 191 Å². The number of nitrogens with zero attached hydrogens (tertiary/aromatic N) is 3. The molecule has 0 N–H and O–H groups in total. The molecule has 1 fully saturated rings. The molecular formula is C23H25ClFN3O3S. The Morgan fingerprint density at radius 2 is 1.66 bits per heavy atom. The highest BCUT2D eigenvalue weighted by Crippen LogP contribution is 2.28. The minimum atomic E-state index is -4.09. The zero-order valence-corrected chi connectivity index (χ0v) is 19.6. The fourth-order valence-corrected chi connectivity index (χ4v) is 5.61. The van der Waals surface area contributed by atoms with E-state index in [2.05, 4.69) is 11.8 Å². The summed E-state index contributed by atoms with van der Waals surface area (Å²) < 4.78 is 43.2. The Morgan fingerprint density at radius 3 is 2.25 bits per heavy atom. The highest BCUT2D eigenvalue weighted by atomic mass is 35.5. The van der Waals surface area contributed by atoms with Crippen molar-refractivity contribution in [3.63, 3.8) is 0 Å². The molecule has 0 radical (unpaired) electrons. The van der Waals surface area contributed by atoms with Gasteiger partial charge in [-0.1, -0.05) is 18.5 Å². The number of rotatable bonds is 5. The largest absolute Gasteiger partial charge is 0.367 e. The number of aryl methyl sites for hydroxylation is 1. The minimum Gasteiger partial charge on any atom is -0.367 e. The maximum atomic E-state index is 15.1. The van der Waals surface area contributed by atoms with Gasteiger partial charge in [-0.15, -0.1) is 0 Å². The van der Waals surface area contributed by atoms with Crippen LogP contribution in [-0.2, 0) is 16.4 Å². The average molecular weight is 478 g/mol. The van der Waals surface area contributed by atoms with E-state index in [1.807, 2.05) is 11.8 Å². The summed E-state index contributed by atoms with van der Waals surface area (Å²) in [5.74, 6) is -0.525. The first kappa shape index (κ1) is 22.8. The number of piperazine rings is 1. The quantitative estimate of drug-likeness (QED) is 0.559. The zero-order valence-electron chi connectivity index (χ0n) is 18.0. The molecule has 1 aromatic heterocycles. The number of halogens is 2. The Hall–Kier alpha value is -2.42. The molecule has 170 valence electrons. The second-order valence-electron chi connectivity index (χ2n) is 7.81. The topological polar surface area (TPSA) is 62.6 Å². The fraction of sp³-hybridized carbons (Fsp3) is 0.348. The molecule has 0 atom stereocenters. The Balaban J connectivity index is 1.85. The summed E-state index contributed by atoms with van der Waals surface area (Å²) in [6.07, 6.45) is 1.35. The van der Waals surface area contributed by atoms with Crippen LogP contribution in [-0.4, -0.2) is 50.6 Å². The maximum Gasteiger partial charge on any atom is 0.211 e.